The molecule has 0 radical (unpaired) electrons. The van der Waals surface area contributed by atoms with Gasteiger partial charge >= 0.3 is 0 Å². The van der Waals surface area contributed by atoms with Crippen LogP contribution in [-0.4, -0.2) is 35.3 Å². The van der Waals surface area contributed by atoms with Crippen LogP contribution in [-0.2, 0) is 0 Å². The van der Waals surface area contributed by atoms with Crippen LogP contribution in [0.3, 0.4) is 0 Å². The predicted octanol–water partition coefficient (Wildman–Crippen LogP) is 21.3. The Bertz CT molecular complexity index is 4970. The molecule has 8 nitrogen and oxygen atoms in total. The third-order valence-corrected chi connectivity index (χ3v) is 16.4. The molecule has 0 atom stereocenters. The third kappa shape index (κ3) is 11.0. The molecule has 5 heterocycles. The number of para-hydroxylation sites is 1. The summed E-state index contributed by atoms with van der Waals surface area (Å²) in [6.07, 6.45) is 27.4. The van der Waals surface area contributed by atoms with Gasteiger partial charge in [0.25, 0.3) is 0 Å². The normalized spacial score (nSPS) is 12.7. The van der Waals surface area contributed by atoms with E-state index in [2.05, 4.69) is 255 Å². The van der Waals surface area contributed by atoms with Crippen molar-refractivity contribution in [3.05, 3.63) is 279 Å². The van der Waals surface area contributed by atoms with Crippen LogP contribution in [0.2, 0.25) is 0 Å². The van der Waals surface area contributed by atoms with E-state index in [1.54, 1.807) is 37.2 Å². The molecule has 1 aliphatic carbocycles. The molecule has 87 heavy (non-hydrogen) atoms. The first-order valence-electron chi connectivity index (χ1n) is 29.8. The van der Waals surface area contributed by atoms with Gasteiger partial charge < -0.3 is 13.6 Å². The maximum atomic E-state index is 6.63. The number of hydrogen-bond acceptors (Lipinski definition) is 6. The Balaban J connectivity index is 0.000000644. The molecule has 0 amide bonds. The van der Waals surface area contributed by atoms with Crippen LogP contribution in [0.4, 0.5) is 0 Å². The van der Waals surface area contributed by atoms with Gasteiger partial charge in [0.15, 0.2) is 0 Å². The van der Waals surface area contributed by atoms with E-state index in [-0.39, 0.29) is 0 Å². The number of fused-ring (bicyclic) bond motifs is 9. The van der Waals surface area contributed by atoms with E-state index in [9.17, 15) is 0 Å². The molecule has 0 N–H and O–H groups in total. The number of aromatic nitrogens is 6. The second-order valence-electron chi connectivity index (χ2n) is 21.9. The second-order valence-corrected chi connectivity index (χ2v) is 21.9. The minimum atomic E-state index is 0.854. The molecule has 0 unspecified atom stereocenters. The van der Waals surface area contributed by atoms with Crippen molar-refractivity contribution in [1.82, 2.24) is 29.1 Å². The van der Waals surface area contributed by atoms with Crippen LogP contribution in [0, 0.1) is 0 Å². The number of benzene rings is 9. The molecule has 0 aliphatic heterocycles. The van der Waals surface area contributed by atoms with Gasteiger partial charge in [-0.15, -0.1) is 0 Å². The van der Waals surface area contributed by atoms with Crippen molar-refractivity contribution < 1.29 is 4.42 Å². The molecular formula is C79H65N7O. The zero-order valence-corrected chi connectivity index (χ0v) is 49.6. The summed E-state index contributed by atoms with van der Waals surface area (Å²) >= 11 is 0. The number of nitrogens with zero attached hydrogens (tertiary/aromatic N) is 7. The first-order valence-corrected chi connectivity index (χ1v) is 29.8. The molecule has 0 saturated heterocycles. The lowest BCUT2D eigenvalue weighted by atomic mass is 9.92. The third-order valence-electron chi connectivity index (χ3n) is 16.4. The van der Waals surface area contributed by atoms with Gasteiger partial charge in [0.2, 0.25) is 0 Å². The van der Waals surface area contributed by atoms with E-state index in [0.717, 1.165) is 114 Å². The number of furan rings is 1. The summed E-state index contributed by atoms with van der Waals surface area (Å²) in [5, 5.41) is 6.97. The Hall–Kier alpha value is -10.8. The van der Waals surface area contributed by atoms with E-state index < -0.39 is 0 Å². The second kappa shape index (κ2) is 24.8. The number of hydrogen-bond donors (Lipinski definition) is 0. The Labute approximate surface area is 507 Å². The fraction of sp³-hybridized carbons (Fsp3) is 0.101. The minimum Gasteiger partial charge on any atom is -0.456 e. The van der Waals surface area contributed by atoms with Gasteiger partial charge in [0, 0.05) is 98.9 Å². The molecule has 0 fully saturated rings. The van der Waals surface area contributed by atoms with Crippen molar-refractivity contribution >= 4 is 82.9 Å². The molecule has 5 aromatic heterocycles. The van der Waals surface area contributed by atoms with Crippen molar-refractivity contribution in [2.45, 2.75) is 53.9 Å². The van der Waals surface area contributed by atoms with E-state index in [0.29, 0.717) is 0 Å². The Kier molecular flexibility index (Phi) is 15.8. The van der Waals surface area contributed by atoms with Crippen molar-refractivity contribution in [2.24, 2.45) is 4.99 Å². The minimum absolute atomic E-state index is 0.854. The smallest absolute Gasteiger partial charge is 0.135 e. The molecule has 14 aromatic rings. The molecule has 15 rings (SSSR count). The van der Waals surface area contributed by atoms with E-state index in [4.69, 9.17) is 4.42 Å². The van der Waals surface area contributed by atoms with E-state index in [1.807, 2.05) is 44.6 Å². The van der Waals surface area contributed by atoms with Gasteiger partial charge in [0.1, 0.15) is 11.2 Å². The first kappa shape index (κ1) is 55.4. The highest BCUT2D eigenvalue weighted by Crippen LogP contribution is 2.43. The maximum absolute atomic E-state index is 6.63. The monoisotopic (exact) mass is 1130 g/mol. The van der Waals surface area contributed by atoms with Gasteiger partial charge in [-0.1, -0.05) is 128 Å². The lowest BCUT2D eigenvalue weighted by Gasteiger charge is -2.13. The zero-order chi connectivity index (χ0) is 59.2. The molecule has 0 bridgehead atoms. The summed E-state index contributed by atoms with van der Waals surface area (Å²) in [5.41, 5.74) is 23.6. The number of allylic oxidation sites excluding steroid dienone is 7. The van der Waals surface area contributed by atoms with Crippen LogP contribution in [0.25, 0.3) is 133 Å². The van der Waals surface area contributed by atoms with Gasteiger partial charge in [0.05, 0.1) is 34.0 Å². The maximum Gasteiger partial charge on any atom is 0.135 e. The summed E-state index contributed by atoms with van der Waals surface area (Å²) in [5.74, 6) is 0. The molecule has 0 saturated carbocycles. The molecule has 1 aliphatic rings. The van der Waals surface area contributed by atoms with Crippen molar-refractivity contribution in [3.8, 4) is 56.0 Å². The lowest BCUT2D eigenvalue weighted by Crippen LogP contribution is -1.94. The highest BCUT2D eigenvalue weighted by Gasteiger charge is 2.20. The van der Waals surface area contributed by atoms with Gasteiger partial charge in [-0.3, -0.25) is 24.9 Å². The summed E-state index contributed by atoms with van der Waals surface area (Å²) in [6.45, 7) is 10.5. The summed E-state index contributed by atoms with van der Waals surface area (Å²) in [4.78, 5) is 21.0. The van der Waals surface area contributed by atoms with Gasteiger partial charge in [-0.25, -0.2) is 0 Å². The van der Waals surface area contributed by atoms with Crippen LogP contribution < -0.4 is 0 Å². The molecule has 9 aromatic carbocycles. The Morgan fingerprint density at radius 1 is 0.506 bits per heavy atom. The average Bonchev–Trinajstić information content (AvgIpc) is 1.71. The Morgan fingerprint density at radius 3 is 1.68 bits per heavy atom. The van der Waals surface area contributed by atoms with Crippen LogP contribution in [0.15, 0.2) is 277 Å². The topological polar surface area (TPSA) is 86.9 Å². The average molecular weight is 1130 g/mol. The zero-order valence-electron chi connectivity index (χ0n) is 49.6. The summed E-state index contributed by atoms with van der Waals surface area (Å²) in [6, 6.07) is 69.0. The van der Waals surface area contributed by atoms with E-state index >= 15 is 0 Å². The van der Waals surface area contributed by atoms with Crippen LogP contribution in [0.1, 0.15) is 65.0 Å². The van der Waals surface area contributed by atoms with E-state index in [1.165, 1.54) is 54.9 Å². The number of aliphatic imine (C=N–C) groups is 1. The predicted molar refractivity (Wildman–Crippen MR) is 366 cm³/mol. The van der Waals surface area contributed by atoms with Crippen LogP contribution in [0.5, 0.6) is 0 Å². The summed E-state index contributed by atoms with van der Waals surface area (Å²) < 4.78 is 11.5. The van der Waals surface area contributed by atoms with Crippen molar-refractivity contribution in [3.63, 3.8) is 0 Å². The standard InChI is InChI=1S/C71H53N5O.C4H4N2.C4H8/c1-4-33-72-43-46(3)57-19-10-11-20-58(57)52-24-30-67-62(41-52)59-38-49(22-27-66(59)75(67)54-16-6-5-7-17-54)50-25-31-70-63(39-50)64-42-55(26-32-71(64)77-70)76-68-28-21-48(47-14-12-15-53(36-47)65-44-73-34-35-74-65)37-60(68)61-40-51(23-29-69(61)76)56-18-9-8-13-45(56)2;1-2-6-4-3-5-1;1-3-4-2/h5-7,9-12,14-44H,4,8,13H2,1-3H3;1-4H;3-4H,1-2H3/b46-43+,72-33?;;4-3-. The summed E-state index contributed by atoms with van der Waals surface area (Å²) in [7, 11) is 0. The quantitative estimate of drug-likeness (QED) is 0.101. The molecular weight excluding hydrogens is 1060 g/mol. The highest BCUT2D eigenvalue weighted by molar-refractivity contribution is 6.14. The molecule has 8 heteroatoms. The SMILES string of the molecule is C/C=C\C.CCC=N/C=C(\C)c1ccccc1-c1ccc2c(c1)c1cc(-c3ccc4oc5ccc(-n6c7ccc(C8=C(C)CCC=C8)cc7c7cc(-c8cccc(-c9cnccn9)c8)ccc76)cc5c4c3)ccc1n2-c1ccccc1.c1cnccn1. The molecule has 422 valence electrons. The van der Waals surface area contributed by atoms with Gasteiger partial charge in [-0.05, 0) is 200 Å². The largest absolute Gasteiger partial charge is 0.456 e. The molecule has 0 spiro atoms. The first-order chi connectivity index (χ1) is 42.9. The lowest BCUT2D eigenvalue weighted by molar-refractivity contribution is 0.669. The number of rotatable bonds is 10. The van der Waals surface area contributed by atoms with Gasteiger partial charge in [-0.2, -0.15) is 0 Å². The van der Waals surface area contributed by atoms with Crippen LogP contribution >= 0.6 is 0 Å². The van der Waals surface area contributed by atoms with Crippen molar-refractivity contribution in [1.29, 1.82) is 0 Å². The van der Waals surface area contributed by atoms with Crippen molar-refractivity contribution in [2.75, 3.05) is 0 Å². The fourth-order valence-corrected chi connectivity index (χ4v) is 12.1. The highest BCUT2D eigenvalue weighted by atomic mass is 16.3. The Morgan fingerprint density at radius 2 is 1.05 bits per heavy atom. The fourth-order valence-electron chi connectivity index (χ4n) is 12.1.